The summed E-state index contributed by atoms with van der Waals surface area (Å²) in [4.78, 5) is 32.0. The predicted molar refractivity (Wildman–Crippen MR) is 150 cm³/mol. The van der Waals surface area contributed by atoms with Gasteiger partial charge < -0.3 is 19.3 Å². The molecule has 0 spiro atoms. The van der Waals surface area contributed by atoms with Gasteiger partial charge in [0.1, 0.15) is 5.75 Å². The number of hydrogen-bond acceptors (Lipinski definition) is 8. The summed E-state index contributed by atoms with van der Waals surface area (Å²) >= 11 is 4.73. The lowest BCUT2D eigenvalue weighted by atomic mass is 9.96. The third kappa shape index (κ3) is 5.06. The van der Waals surface area contributed by atoms with Crippen molar-refractivity contribution >= 4 is 39.3 Å². The lowest BCUT2D eigenvalue weighted by Gasteiger charge is -2.25. The Bertz CT molecular complexity index is 1640. The molecule has 0 bridgehead atoms. The number of fused-ring (bicyclic) bond motifs is 1. The number of methoxy groups -OCH3 is 2. The van der Waals surface area contributed by atoms with E-state index in [4.69, 9.17) is 14.2 Å². The number of phenols is 1. The van der Waals surface area contributed by atoms with Gasteiger partial charge in [-0.1, -0.05) is 23.5 Å². The standard InChI is InChI=1S/C28H27BrN2O6S/c1-6-8-18-11-16(12-21(36-5)25(18)32)13-22-26(33)31-24(17-9-10-20(35-4)19(29)14-17)23(27(34)37-7-2)15(3)30-28(31)38-22/h6,9-14,24,32H,1,7-8H2,2-5H3/b22-13+/t24-/m1/s1. The van der Waals surface area contributed by atoms with Gasteiger partial charge in [-0.05, 0) is 77.7 Å². The van der Waals surface area contributed by atoms with Crippen LogP contribution in [0.4, 0.5) is 0 Å². The Morgan fingerprint density at radius 1 is 1.24 bits per heavy atom. The SMILES string of the molecule is C=CCc1cc(/C=c2/sc3n(c2=O)[C@H](c2ccc(OC)c(Br)c2)C(C(=O)OCC)=C(C)N=3)cc(OC)c1O. The molecule has 4 rings (SSSR count). The van der Waals surface area contributed by atoms with Crippen LogP contribution in [0.3, 0.4) is 0 Å². The zero-order valence-corrected chi connectivity index (χ0v) is 23.8. The number of benzene rings is 2. The molecule has 10 heteroatoms. The molecule has 1 aliphatic heterocycles. The van der Waals surface area contributed by atoms with Crippen LogP contribution in [-0.4, -0.2) is 36.5 Å². The summed E-state index contributed by atoms with van der Waals surface area (Å²) in [6.07, 6.45) is 3.83. The number of aromatic hydroxyl groups is 1. The molecular formula is C28H27BrN2O6S. The van der Waals surface area contributed by atoms with Crippen molar-refractivity contribution in [3.63, 3.8) is 0 Å². The van der Waals surface area contributed by atoms with Crippen LogP contribution < -0.4 is 24.4 Å². The number of esters is 1. The fraction of sp³-hybridized carbons (Fsp3) is 0.250. The van der Waals surface area contributed by atoms with E-state index in [9.17, 15) is 14.7 Å². The summed E-state index contributed by atoms with van der Waals surface area (Å²) in [5.74, 6) is 0.420. The van der Waals surface area contributed by atoms with Crippen molar-refractivity contribution in [3.8, 4) is 17.2 Å². The van der Waals surface area contributed by atoms with Crippen molar-refractivity contribution in [2.45, 2.75) is 26.3 Å². The van der Waals surface area contributed by atoms with E-state index >= 15 is 0 Å². The molecule has 38 heavy (non-hydrogen) atoms. The molecule has 2 heterocycles. The molecule has 0 unspecified atom stereocenters. The Kier molecular flexibility index (Phi) is 8.23. The van der Waals surface area contributed by atoms with Crippen LogP contribution in [-0.2, 0) is 16.0 Å². The van der Waals surface area contributed by atoms with E-state index in [1.807, 2.05) is 12.1 Å². The van der Waals surface area contributed by atoms with Crippen molar-refractivity contribution in [1.82, 2.24) is 4.57 Å². The molecule has 1 atom stereocenters. The maximum atomic E-state index is 13.8. The lowest BCUT2D eigenvalue weighted by Crippen LogP contribution is -2.40. The number of aromatic nitrogens is 1. The molecule has 8 nitrogen and oxygen atoms in total. The first-order valence-corrected chi connectivity index (χ1v) is 13.4. The molecular weight excluding hydrogens is 572 g/mol. The second-order valence-corrected chi connectivity index (χ2v) is 10.3. The Morgan fingerprint density at radius 2 is 1.97 bits per heavy atom. The quantitative estimate of drug-likeness (QED) is 0.311. The number of nitrogens with zero attached hydrogens (tertiary/aromatic N) is 2. The Morgan fingerprint density at radius 3 is 2.61 bits per heavy atom. The molecule has 0 saturated carbocycles. The summed E-state index contributed by atoms with van der Waals surface area (Å²) in [5.41, 5.74) is 2.46. The smallest absolute Gasteiger partial charge is 0.338 e. The van der Waals surface area contributed by atoms with E-state index in [0.29, 0.717) is 59.7 Å². The van der Waals surface area contributed by atoms with Crippen LogP contribution >= 0.6 is 27.3 Å². The second-order valence-electron chi connectivity index (χ2n) is 8.42. The Labute approximate surface area is 232 Å². The van der Waals surface area contributed by atoms with Crippen molar-refractivity contribution in [2.75, 3.05) is 20.8 Å². The van der Waals surface area contributed by atoms with Crippen LogP contribution in [0.25, 0.3) is 6.08 Å². The highest BCUT2D eigenvalue weighted by molar-refractivity contribution is 9.10. The number of thiazole rings is 1. The fourth-order valence-corrected chi connectivity index (χ4v) is 5.96. The molecule has 0 fully saturated rings. The van der Waals surface area contributed by atoms with Gasteiger partial charge in [0.2, 0.25) is 0 Å². The topological polar surface area (TPSA) is 99.4 Å². The number of hydrogen-bond donors (Lipinski definition) is 1. The average Bonchev–Trinajstić information content (AvgIpc) is 3.19. The summed E-state index contributed by atoms with van der Waals surface area (Å²) in [5, 5.41) is 10.4. The van der Waals surface area contributed by atoms with Crippen LogP contribution in [0.2, 0.25) is 0 Å². The largest absolute Gasteiger partial charge is 0.504 e. The highest BCUT2D eigenvalue weighted by atomic mass is 79.9. The molecule has 1 N–H and O–H groups in total. The van der Waals surface area contributed by atoms with E-state index in [-0.39, 0.29) is 17.9 Å². The second kappa shape index (κ2) is 11.4. The number of ether oxygens (including phenoxy) is 3. The maximum Gasteiger partial charge on any atom is 0.338 e. The predicted octanol–water partition coefficient (Wildman–Crippen LogP) is 4.01. The van der Waals surface area contributed by atoms with Crippen LogP contribution in [0.15, 0.2) is 68.5 Å². The minimum absolute atomic E-state index is 0.0331. The molecule has 198 valence electrons. The maximum absolute atomic E-state index is 13.8. The number of allylic oxidation sites excluding steroid dienone is 2. The third-order valence-corrected chi connectivity index (χ3v) is 7.67. The molecule has 0 amide bonds. The normalized spacial score (nSPS) is 15.1. The first kappa shape index (κ1) is 27.4. The molecule has 1 aromatic heterocycles. The number of carbonyl (C=O) groups excluding carboxylic acids is 1. The Balaban J connectivity index is 1.96. The van der Waals surface area contributed by atoms with Crippen LogP contribution in [0, 0.1) is 0 Å². The van der Waals surface area contributed by atoms with Crippen molar-refractivity contribution in [1.29, 1.82) is 0 Å². The van der Waals surface area contributed by atoms with E-state index in [1.54, 1.807) is 51.3 Å². The van der Waals surface area contributed by atoms with Crippen molar-refractivity contribution < 1.29 is 24.1 Å². The van der Waals surface area contributed by atoms with E-state index in [2.05, 4.69) is 27.5 Å². The summed E-state index contributed by atoms with van der Waals surface area (Å²) < 4.78 is 18.7. The molecule has 0 saturated heterocycles. The number of halogens is 1. The number of phenolic OH excluding ortho intramolecular Hbond substituents is 1. The van der Waals surface area contributed by atoms with Crippen molar-refractivity contribution in [2.24, 2.45) is 4.99 Å². The van der Waals surface area contributed by atoms with Gasteiger partial charge in [-0.3, -0.25) is 9.36 Å². The molecule has 3 aromatic rings. The highest BCUT2D eigenvalue weighted by Gasteiger charge is 2.33. The van der Waals surface area contributed by atoms with E-state index in [1.165, 1.54) is 23.0 Å². The minimum atomic E-state index is -0.750. The van der Waals surface area contributed by atoms with Crippen LogP contribution in [0.1, 0.15) is 36.6 Å². The summed E-state index contributed by atoms with van der Waals surface area (Å²) in [6.45, 7) is 7.40. The average molecular weight is 600 g/mol. The van der Waals surface area contributed by atoms with Gasteiger partial charge in [-0.25, -0.2) is 9.79 Å². The fourth-order valence-electron chi connectivity index (χ4n) is 4.35. The van der Waals surface area contributed by atoms with Gasteiger partial charge in [0, 0.05) is 5.56 Å². The van der Waals surface area contributed by atoms with Gasteiger partial charge in [-0.15, -0.1) is 6.58 Å². The molecule has 0 radical (unpaired) electrons. The van der Waals surface area contributed by atoms with Gasteiger partial charge in [0.15, 0.2) is 16.3 Å². The summed E-state index contributed by atoms with van der Waals surface area (Å²) in [7, 11) is 3.03. The van der Waals surface area contributed by atoms with Gasteiger partial charge in [0.05, 0.1) is 47.1 Å². The minimum Gasteiger partial charge on any atom is -0.504 e. The summed E-state index contributed by atoms with van der Waals surface area (Å²) in [6, 6.07) is 8.11. The first-order chi connectivity index (χ1) is 18.2. The van der Waals surface area contributed by atoms with Gasteiger partial charge >= 0.3 is 5.97 Å². The van der Waals surface area contributed by atoms with Gasteiger partial charge in [0.25, 0.3) is 5.56 Å². The Hall–Kier alpha value is -3.63. The zero-order valence-electron chi connectivity index (χ0n) is 21.4. The monoisotopic (exact) mass is 598 g/mol. The number of carbonyl (C=O) groups is 1. The molecule has 2 aromatic carbocycles. The lowest BCUT2D eigenvalue weighted by molar-refractivity contribution is -0.139. The molecule has 0 aliphatic carbocycles. The van der Waals surface area contributed by atoms with E-state index < -0.39 is 12.0 Å². The third-order valence-electron chi connectivity index (χ3n) is 6.07. The van der Waals surface area contributed by atoms with Crippen molar-refractivity contribution in [3.05, 3.63) is 95.1 Å². The van der Waals surface area contributed by atoms with Crippen LogP contribution in [0.5, 0.6) is 17.2 Å². The number of rotatable bonds is 8. The molecule has 1 aliphatic rings. The van der Waals surface area contributed by atoms with E-state index in [0.717, 1.165) is 0 Å². The first-order valence-electron chi connectivity index (χ1n) is 11.8. The van der Waals surface area contributed by atoms with Gasteiger partial charge in [-0.2, -0.15) is 0 Å². The zero-order chi connectivity index (χ0) is 27.6. The highest BCUT2D eigenvalue weighted by Crippen LogP contribution is 2.35.